The van der Waals surface area contributed by atoms with Crippen LogP contribution in [0.3, 0.4) is 0 Å². The first-order chi connectivity index (χ1) is 21.5. The summed E-state index contributed by atoms with van der Waals surface area (Å²) in [6.07, 6.45) is 16.3. The summed E-state index contributed by atoms with van der Waals surface area (Å²) in [5, 5.41) is 3.36. The van der Waals surface area contributed by atoms with E-state index in [1.165, 1.54) is 57.8 Å². The van der Waals surface area contributed by atoms with Gasteiger partial charge in [0.05, 0.1) is 0 Å². The van der Waals surface area contributed by atoms with Gasteiger partial charge in [0.15, 0.2) is 0 Å². The van der Waals surface area contributed by atoms with Crippen molar-refractivity contribution in [2.45, 2.75) is 206 Å². The molecule has 0 aromatic heterocycles. The standard InChI is InChI=1S/C30H52N2O2.C3H8.4C2H6/c1-19(6-8-21(3)33)25-11-12-26-24-10-9-22-18-23(32-28(34)13-7-20(2)31)14-16-29(22,4)27(24)15-17-30(25,26)5;1-3-2;4*1-2/h19-20,22-27H,6-18,31H2,1-5H3,(H,32,34);3H2,1-2H3;4*1-2H3/t19?,20-,22-,23+,24?,25?,26?,27?,29+,30-;;;;;/m1...../s1. The Labute approximate surface area is 284 Å². The lowest BCUT2D eigenvalue weighted by atomic mass is 9.44. The van der Waals surface area contributed by atoms with Crippen LogP contribution >= 0.6 is 0 Å². The van der Waals surface area contributed by atoms with Crippen LogP contribution in [0.4, 0.5) is 0 Å². The van der Waals surface area contributed by atoms with Gasteiger partial charge in [-0.2, -0.15) is 0 Å². The lowest BCUT2D eigenvalue weighted by Crippen LogP contribution is -2.55. The normalized spacial score (nSPS) is 33.6. The molecule has 0 aliphatic heterocycles. The number of nitrogens with two attached hydrogens (primary N) is 1. The fraction of sp³-hybridized carbons (Fsp3) is 0.951. The molecule has 4 nitrogen and oxygen atoms in total. The van der Waals surface area contributed by atoms with E-state index in [0.717, 1.165) is 55.3 Å². The predicted molar refractivity (Wildman–Crippen MR) is 200 cm³/mol. The molecule has 1 amide bonds. The van der Waals surface area contributed by atoms with Crippen molar-refractivity contribution in [1.29, 1.82) is 0 Å². The number of ketones is 1. The van der Waals surface area contributed by atoms with Gasteiger partial charge in [-0.05, 0) is 131 Å². The summed E-state index contributed by atoms with van der Waals surface area (Å²) < 4.78 is 0. The molecule has 4 aliphatic carbocycles. The predicted octanol–water partition coefficient (Wildman–Crippen LogP) is 11.8. The minimum absolute atomic E-state index is 0.0972. The summed E-state index contributed by atoms with van der Waals surface area (Å²) >= 11 is 0. The summed E-state index contributed by atoms with van der Waals surface area (Å²) in [5.74, 6) is 5.41. The fourth-order valence-corrected chi connectivity index (χ4v) is 9.66. The largest absolute Gasteiger partial charge is 0.353 e. The second-order valence-electron chi connectivity index (χ2n) is 14.4. The zero-order chi connectivity index (χ0) is 35.4. The van der Waals surface area contributed by atoms with E-state index in [1.54, 1.807) is 6.92 Å². The third kappa shape index (κ3) is 12.9. The van der Waals surface area contributed by atoms with E-state index in [1.807, 2.05) is 62.3 Å². The van der Waals surface area contributed by atoms with E-state index < -0.39 is 0 Å². The fourth-order valence-electron chi connectivity index (χ4n) is 9.66. The molecule has 4 aliphatic rings. The first kappa shape index (κ1) is 46.2. The first-order valence-corrected chi connectivity index (χ1v) is 20.0. The molecule has 45 heavy (non-hydrogen) atoms. The first-order valence-electron chi connectivity index (χ1n) is 20.0. The zero-order valence-corrected chi connectivity index (χ0v) is 33.4. The molecule has 4 rings (SSSR count). The van der Waals surface area contributed by atoms with Gasteiger partial charge in [-0.1, -0.05) is 96.4 Å². The van der Waals surface area contributed by atoms with Crippen LogP contribution in [0.5, 0.6) is 0 Å². The summed E-state index contributed by atoms with van der Waals surface area (Å²) in [6.45, 7) is 31.6. The minimum atomic E-state index is 0.0972. The van der Waals surface area contributed by atoms with Crippen molar-refractivity contribution in [2.24, 2.45) is 52.1 Å². The highest BCUT2D eigenvalue weighted by molar-refractivity contribution is 5.76. The molecule has 4 heteroatoms. The van der Waals surface area contributed by atoms with Gasteiger partial charge in [0.1, 0.15) is 5.78 Å². The van der Waals surface area contributed by atoms with E-state index in [4.69, 9.17) is 5.73 Å². The maximum atomic E-state index is 12.4. The monoisotopic (exact) mass is 637 g/mol. The Morgan fingerprint density at radius 1 is 0.756 bits per heavy atom. The third-order valence-corrected chi connectivity index (χ3v) is 11.6. The van der Waals surface area contributed by atoms with E-state index in [9.17, 15) is 9.59 Å². The van der Waals surface area contributed by atoms with Gasteiger partial charge < -0.3 is 15.8 Å². The topological polar surface area (TPSA) is 72.2 Å². The van der Waals surface area contributed by atoms with E-state index in [2.05, 4.69) is 39.9 Å². The highest BCUT2D eigenvalue weighted by Gasteiger charge is 2.60. The number of fused-ring (bicyclic) bond motifs is 5. The number of Topliss-reactive ketones (excluding diaryl/α,β-unsaturated/α-hetero) is 1. The molecular weight excluding hydrogens is 552 g/mol. The average Bonchev–Trinajstić information content (AvgIpc) is 3.40. The Morgan fingerprint density at radius 3 is 1.82 bits per heavy atom. The molecular formula is C41H84N2O2. The summed E-state index contributed by atoms with van der Waals surface area (Å²) in [6, 6.07) is 0.460. The van der Waals surface area contributed by atoms with Crippen molar-refractivity contribution in [3.63, 3.8) is 0 Å². The van der Waals surface area contributed by atoms with Crippen molar-refractivity contribution >= 4 is 11.7 Å². The second-order valence-corrected chi connectivity index (χ2v) is 14.4. The number of rotatable bonds is 8. The van der Waals surface area contributed by atoms with Crippen LogP contribution in [0.2, 0.25) is 0 Å². The quantitative estimate of drug-likeness (QED) is 0.278. The van der Waals surface area contributed by atoms with Gasteiger partial charge in [-0.3, -0.25) is 4.79 Å². The molecule has 0 heterocycles. The number of amides is 1. The molecule has 0 aromatic rings. The Hall–Kier alpha value is -0.900. The van der Waals surface area contributed by atoms with E-state index in [-0.39, 0.29) is 11.9 Å². The SMILES string of the molecule is CC.CC.CC.CC.CC(=O)CCC(C)C1CCC2C3CC[C@@H]4C[C@@H](NC(=O)CC[C@@H](C)N)CC[C@]4(C)C3CC[C@]12C.CCC. The molecule has 3 N–H and O–H groups in total. The molecule has 0 bridgehead atoms. The van der Waals surface area contributed by atoms with Crippen molar-refractivity contribution in [2.75, 3.05) is 0 Å². The maximum Gasteiger partial charge on any atom is 0.220 e. The van der Waals surface area contributed by atoms with Gasteiger partial charge in [0.2, 0.25) is 5.91 Å². The third-order valence-electron chi connectivity index (χ3n) is 11.6. The van der Waals surface area contributed by atoms with E-state index >= 15 is 0 Å². The number of hydrogen-bond acceptors (Lipinski definition) is 3. The van der Waals surface area contributed by atoms with E-state index in [0.29, 0.717) is 35.0 Å². The van der Waals surface area contributed by atoms with Crippen LogP contribution in [-0.2, 0) is 9.59 Å². The Kier molecular flexibility index (Phi) is 24.9. The number of nitrogens with one attached hydrogen (secondary N) is 1. The second kappa shape index (κ2) is 24.3. The van der Waals surface area contributed by atoms with Gasteiger partial charge >= 0.3 is 0 Å². The molecule has 4 saturated carbocycles. The van der Waals surface area contributed by atoms with Crippen LogP contribution in [0, 0.1) is 46.3 Å². The Bertz CT molecular complexity index is 767. The zero-order valence-electron chi connectivity index (χ0n) is 33.4. The molecule has 0 saturated heterocycles. The summed E-state index contributed by atoms with van der Waals surface area (Å²) in [4.78, 5) is 24.0. The van der Waals surface area contributed by atoms with Crippen molar-refractivity contribution in [3.05, 3.63) is 0 Å². The minimum Gasteiger partial charge on any atom is -0.353 e. The van der Waals surface area contributed by atoms with Crippen LogP contribution in [0.15, 0.2) is 0 Å². The average molecular weight is 637 g/mol. The van der Waals surface area contributed by atoms with Gasteiger partial charge in [0, 0.05) is 24.9 Å². The molecule has 0 radical (unpaired) electrons. The van der Waals surface area contributed by atoms with Crippen molar-refractivity contribution < 1.29 is 9.59 Å². The van der Waals surface area contributed by atoms with Crippen molar-refractivity contribution in [3.8, 4) is 0 Å². The van der Waals surface area contributed by atoms with Gasteiger partial charge in [-0.15, -0.1) is 0 Å². The molecule has 270 valence electrons. The number of carbonyl (C=O) groups excluding carboxylic acids is 2. The molecule has 0 aromatic carbocycles. The van der Waals surface area contributed by atoms with Crippen LogP contribution in [-0.4, -0.2) is 23.8 Å². The summed E-state index contributed by atoms with van der Waals surface area (Å²) in [5.41, 5.74) is 6.78. The highest BCUT2D eigenvalue weighted by Crippen LogP contribution is 2.68. The van der Waals surface area contributed by atoms with Crippen LogP contribution in [0.1, 0.15) is 194 Å². The molecule has 10 atom stereocenters. The smallest absolute Gasteiger partial charge is 0.220 e. The van der Waals surface area contributed by atoms with Crippen molar-refractivity contribution in [1.82, 2.24) is 5.32 Å². The molecule has 5 unspecified atom stereocenters. The van der Waals surface area contributed by atoms with Gasteiger partial charge in [0.25, 0.3) is 0 Å². The number of hydrogen-bond donors (Lipinski definition) is 2. The lowest BCUT2D eigenvalue weighted by Gasteiger charge is -2.61. The number of carbonyl (C=O) groups is 2. The highest BCUT2D eigenvalue weighted by atomic mass is 16.1. The molecule has 4 fully saturated rings. The summed E-state index contributed by atoms with van der Waals surface area (Å²) in [7, 11) is 0. The Balaban J connectivity index is 0. The Morgan fingerprint density at radius 2 is 1.29 bits per heavy atom. The molecule has 0 spiro atoms. The maximum absolute atomic E-state index is 12.4. The lowest BCUT2D eigenvalue weighted by molar-refractivity contribution is -0.128. The van der Waals surface area contributed by atoms with Gasteiger partial charge in [-0.25, -0.2) is 0 Å². The van der Waals surface area contributed by atoms with Crippen LogP contribution < -0.4 is 11.1 Å². The van der Waals surface area contributed by atoms with Crippen LogP contribution in [0.25, 0.3) is 0 Å².